The number of aromatic nitrogens is 2. The molecule has 3 aromatic rings. The summed E-state index contributed by atoms with van der Waals surface area (Å²) in [5.41, 5.74) is 0.813. The van der Waals surface area contributed by atoms with E-state index in [0.29, 0.717) is 22.0 Å². The fraction of sp³-hybridized carbons (Fsp3) is 0.125. The molecule has 8 heteroatoms. The maximum absolute atomic E-state index is 12.7. The SMILES string of the molecule is Cc1nc(C(F)(F)F)ccc1-c1ccc2ncc([N+](=O)[O-])cc2c1. The molecule has 0 saturated heterocycles. The number of rotatable bonds is 2. The molecule has 0 atom stereocenters. The minimum Gasteiger partial charge on any atom is -0.258 e. The summed E-state index contributed by atoms with van der Waals surface area (Å²) in [6.45, 7) is 1.49. The van der Waals surface area contributed by atoms with Crippen LogP contribution in [0.25, 0.3) is 22.0 Å². The van der Waals surface area contributed by atoms with Crippen molar-refractivity contribution >= 4 is 16.6 Å². The van der Waals surface area contributed by atoms with Crippen LogP contribution in [0.5, 0.6) is 0 Å². The Morgan fingerprint density at radius 2 is 1.88 bits per heavy atom. The Balaban J connectivity index is 2.10. The summed E-state index contributed by atoms with van der Waals surface area (Å²) in [7, 11) is 0. The maximum Gasteiger partial charge on any atom is 0.433 e. The Bertz CT molecular complexity index is 955. The average molecular weight is 333 g/mol. The van der Waals surface area contributed by atoms with Crippen LogP contribution in [-0.2, 0) is 6.18 Å². The second-order valence-electron chi connectivity index (χ2n) is 5.19. The van der Waals surface area contributed by atoms with Crippen molar-refractivity contribution in [3.8, 4) is 11.1 Å². The molecule has 0 spiro atoms. The smallest absolute Gasteiger partial charge is 0.258 e. The fourth-order valence-corrected chi connectivity index (χ4v) is 2.41. The van der Waals surface area contributed by atoms with Gasteiger partial charge in [0, 0.05) is 22.7 Å². The van der Waals surface area contributed by atoms with Gasteiger partial charge in [-0.3, -0.25) is 10.1 Å². The number of hydrogen-bond acceptors (Lipinski definition) is 4. The van der Waals surface area contributed by atoms with E-state index in [1.165, 1.54) is 19.1 Å². The number of nitro groups is 1. The molecule has 0 unspecified atom stereocenters. The van der Waals surface area contributed by atoms with E-state index in [-0.39, 0.29) is 11.4 Å². The summed E-state index contributed by atoms with van der Waals surface area (Å²) in [5, 5.41) is 11.4. The molecular formula is C16H10F3N3O2. The third kappa shape index (κ3) is 2.90. The predicted molar refractivity (Wildman–Crippen MR) is 81.4 cm³/mol. The van der Waals surface area contributed by atoms with Crippen LogP contribution in [0.15, 0.2) is 42.6 Å². The monoisotopic (exact) mass is 333 g/mol. The van der Waals surface area contributed by atoms with Crippen LogP contribution in [0.3, 0.4) is 0 Å². The van der Waals surface area contributed by atoms with Gasteiger partial charge in [0.05, 0.1) is 10.4 Å². The standard InChI is InChI=1S/C16H10F3N3O2/c1-9-13(3-5-15(21-9)16(17,18)19)10-2-4-14-11(6-10)7-12(8-20-14)22(23)24/h2-8H,1H3. The van der Waals surface area contributed by atoms with Crippen LogP contribution in [0.1, 0.15) is 11.4 Å². The third-order valence-corrected chi connectivity index (χ3v) is 3.56. The number of fused-ring (bicyclic) bond motifs is 1. The highest BCUT2D eigenvalue weighted by molar-refractivity contribution is 5.86. The molecule has 5 nitrogen and oxygen atoms in total. The zero-order valence-corrected chi connectivity index (χ0v) is 12.3. The first-order chi connectivity index (χ1) is 11.3. The Kier molecular flexibility index (Phi) is 3.67. The van der Waals surface area contributed by atoms with E-state index < -0.39 is 16.8 Å². The lowest BCUT2D eigenvalue weighted by atomic mass is 10.0. The van der Waals surface area contributed by atoms with Crippen LogP contribution in [0.4, 0.5) is 18.9 Å². The van der Waals surface area contributed by atoms with Crippen molar-refractivity contribution in [2.75, 3.05) is 0 Å². The van der Waals surface area contributed by atoms with Gasteiger partial charge < -0.3 is 0 Å². The number of pyridine rings is 2. The van der Waals surface area contributed by atoms with Crippen molar-refractivity contribution in [2.24, 2.45) is 0 Å². The van der Waals surface area contributed by atoms with Gasteiger partial charge >= 0.3 is 6.18 Å². The van der Waals surface area contributed by atoms with Crippen molar-refractivity contribution in [2.45, 2.75) is 13.1 Å². The van der Waals surface area contributed by atoms with Gasteiger partial charge in [-0.1, -0.05) is 12.1 Å². The molecule has 0 aliphatic heterocycles. The number of alkyl halides is 3. The zero-order chi connectivity index (χ0) is 17.5. The minimum absolute atomic E-state index is 0.151. The number of nitrogens with zero attached hydrogens (tertiary/aromatic N) is 3. The number of halogens is 3. The van der Waals surface area contributed by atoms with Crippen molar-refractivity contribution in [1.82, 2.24) is 9.97 Å². The molecule has 24 heavy (non-hydrogen) atoms. The van der Waals surface area contributed by atoms with Crippen LogP contribution < -0.4 is 0 Å². The summed E-state index contributed by atoms with van der Waals surface area (Å²) in [6, 6.07) is 8.63. The highest BCUT2D eigenvalue weighted by Crippen LogP contribution is 2.32. The van der Waals surface area contributed by atoms with Gasteiger partial charge in [0.1, 0.15) is 11.9 Å². The van der Waals surface area contributed by atoms with E-state index in [2.05, 4.69) is 9.97 Å². The molecule has 2 heterocycles. The van der Waals surface area contributed by atoms with E-state index in [1.54, 1.807) is 18.2 Å². The Hall–Kier alpha value is -3.03. The molecule has 0 aliphatic rings. The molecule has 0 radical (unpaired) electrons. The van der Waals surface area contributed by atoms with E-state index in [0.717, 1.165) is 12.3 Å². The summed E-state index contributed by atoms with van der Waals surface area (Å²) >= 11 is 0. The third-order valence-electron chi connectivity index (χ3n) is 3.56. The molecular weight excluding hydrogens is 323 g/mol. The highest BCUT2D eigenvalue weighted by atomic mass is 19.4. The van der Waals surface area contributed by atoms with Gasteiger partial charge in [0.25, 0.3) is 5.69 Å². The van der Waals surface area contributed by atoms with Crippen LogP contribution in [0, 0.1) is 17.0 Å². The zero-order valence-electron chi connectivity index (χ0n) is 12.3. The van der Waals surface area contributed by atoms with E-state index in [4.69, 9.17) is 0 Å². The Morgan fingerprint density at radius 3 is 2.50 bits per heavy atom. The van der Waals surface area contributed by atoms with Gasteiger partial charge in [0.15, 0.2) is 0 Å². The van der Waals surface area contributed by atoms with Crippen molar-refractivity contribution in [3.63, 3.8) is 0 Å². The molecule has 122 valence electrons. The highest BCUT2D eigenvalue weighted by Gasteiger charge is 2.32. The van der Waals surface area contributed by atoms with Crippen LogP contribution in [0.2, 0.25) is 0 Å². The number of aryl methyl sites for hydroxylation is 1. The largest absolute Gasteiger partial charge is 0.433 e. The van der Waals surface area contributed by atoms with Gasteiger partial charge in [-0.15, -0.1) is 0 Å². The lowest BCUT2D eigenvalue weighted by molar-refractivity contribution is -0.385. The molecule has 2 aromatic heterocycles. The molecule has 0 N–H and O–H groups in total. The lowest BCUT2D eigenvalue weighted by Crippen LogP contribution is -2.08. The molecule has 0 saturated carbocycles. The van der Waals surface area contributed by atoms with Crippen molar-refractivity contribution in [1.29, 1.82) is 0 Å². The van der Waals surface area contributed by atoms with Crippen LogP contribution in [-0.4, -0.2) is 14.9 Å². The minimum atomic E-state index is -4.50. The molecule has 0 fully saturated rings. The molecule has 0 bridgehead atoms. The molecule has 1 aromatic carbocycles. The second kappa shape index (κ2) is 5.55. The first-order valence-electron chi connectivity index (χ1n) is 6.85. The Morgan fingerprint density at radius 1 is 1.12 bits per heavy atom. The van der Waals surface area contributed by atoms with Crippen molar-refractivity contribution in [3.05, 3.63) is 64.1 Å². The van der Waals surface area contributed by atoms with Gasteiger partial charge in [-0.2, -0.15) is 13.2 Å². The maximum atomic E-state index is 12.7. The number of benzene rings is 1. The van der Waals surface area contributed by atoms with Gasteiger partial charge in [0.2, 0.25) is 0 Å². The second-order valence-corrected chi connectivity index (χ2v) is 5.19. The van der Waals surface area contributed by atoms with Crippen molar-refractivity contribution < 1.29 is 18.1 Å². The quantitative estimate of drug-likeness (QED) is 0.510. The lowest BCUT2D eigenvalue weighted by Gasteiger charge is -2.10. The van der Waals surface area contributed by atoms with E-state index >= 15 is 0 Å². The average Bonchev–Trinajstić information content (AvgIpc) is 2.52. The summed E-state index contributed by atoms with van der Waals surface area (Å²) in [4.78, 5) is 17.9. The summed E-state index contributed by atoms with van der Waals surface area (Å²) in [5.74, 6) is 0. The summed E-state index contributed by atoms with van der Waals surface area (Å²) in [6.07, 6.45) is -3.34. The summed E-state index contributed by atoms with van der Waals surface area (Å²) < 4.78 is 38.1. The van der Waals surface area contributed by atoms with Gasteiger partial charge in [-0.25, -0.2) is 9.97 Å². The molecule has 0 aliphatic carbocycles. The predicted octanol–water partition coefficient (Wildman–Crippen LogP) is 4.53. The number of hydrogen-bond donors (Lipinski definition) is 0. The normalized spacial score (nSPS) is 11.7. The van der Waals surface area contributed by atoms with Crippen LogP contribution >= 0.6 is 0 Å². The Labute approximate surface area is 133 Å². The van der Waals surface area contributed by atoms with E-state index in [1.807, 2.05) is 0 Å². The molecule has 3 rings (SSSR count). The fourth-order valence-electron chi connectivity index (χ4n) is 2.41. The van der Waals surface area contributed by atoms with E-state index in [9.17, 15) is 23.3 Å². The topological polar surface area (TPSA) is 68.9 Å². The first kappa shape index (κ1) is 15.9. The molecule has 0 amide bonds. The van der Waals surface area contributed by atoms with Gasteiger partial charge in [-0.05, 0) is 30.7 Å². The first-order valence-corrected chi connectivity index (χ1v) is 6.85.